The van der Waals surface area contributed by atoms with E-state index in [9.17, 15) is 0 Å². The van der Waals surface area contributed by atoms with Gasteiger partial charge >= 0.3 is 274 Å². The van der Waals surface area contributed by atoms with Gasteiger partial charge < -0.3 is 0 Å². The Labute approximate surface area is 385 Å². The number of hydrogen-bond donors (Lipinski definition) is 0. The van der Waals surface area contributed by atoms with Crippen LogP contribution in [0.4, 0.5) is 0 Å². The molecule has 9 rings (SSSR count). The van der Waals surface area contributed by atoms with Crippen molar-refractivity contribution in [3.63, 3.8) is 0 Å². The molecule has 328 valence electrons. The van der Waals surface area contributed by atoms with Crippen molar-refractivity contribution >= 4 is 32.8 Å². The first-order valence-corrected chi connectivity index (χ1v) is 23.7. The SMILES string of the molecule is CC(C)(C)c1ccc(-n2[c](=[Pt])n(-c3cccc(Oc4ccc5c6ccc7c(c6n(-c6cc(C(C)(C)C)ccn6)c5c4)C(C)(C)C(C)(C)C7(C)C)c3)c3ccc(C(C)(C)C)cc32)cc1. The number of nitrogens with zero attached hydrogens (tertiary/aromatic N) is 4. The first-order chi connectivity index (χ1) is 29.3. The number of aromatic nitrogens is 4. The van der Waals surface area contributed by atoms with Gasteiger partial charge in [0.1, 0.15) is 0 Å². The average Bonchev–Trinajstić information content (AvgIpc) is 3.73. The number of imidazole rings is 1. The zero-order chi connectivity index (χ0) is 45.4. The maximum absolute atomic E-state index is 6.91. The van der Waals surface area contributed by atoms with E-state index in [1.807, 2.05) is 6.20 Å². The van der Waals surface area contributed by atoms with Gasteiger partial charge in [-0.15, -0.1) is 0 Å². The predicted octanol–water partition coefficient (Wildman–Crippen LogP) is 15.3. The molecule has 5 aromatic carbocycles. The molecule has 0 spiro atoms. The predicted molar refractivity (Wildman–Crippen MR) is 260 cm³/mol. The number of ether oxygens (including phenoxy) is 1. The molecule has 63 heavy (non-hydrogen) atoms. The van der Waals surface area contributed by atoms with Gasteiger partial charge in [-0.2, -0.15) is 0 Å². The second kappa shape index (κ2) is 14.3. The normalized spacial score (nSPS) is 16.0. The van der Waals surface area contributed by atoms with E-state index >= 15 is 0 Å². The molecule has 0 atom stereocenters. The van der Waals surface area contributed by atoms with Crippen LogP contribution in [0.3, 0.4) is 0 Å². The van der Waals surface area contributed by atoms with Gasteiger partial charge in [0.15, 0.2) is 0 Å². The Morgan fingerprint density at radius 3 is 1.78 bits per heavy atom. The van der Waals surface area contributed by atoms with Gasteiger partial charge in [-0.25, -0.2) is 0 Å². The zero-order valence-corrected chi connectivity index (χ0v) is 42.3. The van der Waals surface area contributed by atoms with Crippen LogP contribution >= 0.6 is 0 Å². The minimum atomic E-state index is -0.110. The number of rotatable bonds is 5. The van der Waals surface area contributed by atoms with Crippen molar-refractivity contribution in [3.8, 4) is 28.7 Å². The summed E-state index contributed by atoms with van der Waals surface area (Å²) < 4.78 is 15.2. The van der Waals surface area contributed by atoms with Gasteiger partial charge in [-0.05, 0) is 38.9 Å². The topological polar surface area (TPSA) is 36.9 Å². The van der Waals surface area contributed by atoms with Gasteiger partial charge in [-0.1, -0.05) is 68.4 Å². The quantitative estimate of drug-likeness (QED) is 0.172. The maximum atomic E-state index is 6.91. The fourth-order valence-corrected chi connectivity index (χ4v) is 11.2. The molecule has 0 radical (unpaired) electrons. The van der Waals surface area contributed by atoms with Crippen LogP contribution in [0.1, 0.15) is 132 Å². The first-order valence-electron chi connectivity index (χ1n) is 22.5. The Bertz CT molecular complexity index is 3180. The van der Waals surface area contributed by atoms with E-state index in [4.69, 9.17) is 9.72 Å². The summed E-state index contributed by atoms with van der Waals surface area (Å²) in [5, 5.41) is 2.44. The summed E-state index contributed by atoms with van der Waals surface area (Å²) in [6.45, 7) is 35.1. The van der Waals surface area contributed by atoms with Crippen LogP contribution in [-0.2, 0) is 46.4 Å². The van der Waals surface area contributed by atoms with Gasteiger partial charge in [0.25, 0.3) is 0 Å². The van der Waals surface area contributed by atoms with E-state index in [1.165, 1.54) is 49.6 Å². The third-order valence-electron chi connectivity index (χ3n) is 15.1. The second-order valence-electron chi connectivity index (χ2n) is 22.7. The van der Waals surface area contributed by atoms with Crippen LogP contribution in [-0.4, -0.2) is 18.7 Å². The summed E-state index contributed by atoms with van der Waals surface area (Å²) in [5.74, 6) is 2.49. The molecule has 0 fully saturated rings. The summed E-state index contributed by atoms with van der Waals surface area (Å²) in [5.41, 5.74) is 13.4. The fraction of sp³-hybridized carbons (Fsp3) is 0.368. The molecule has 0 N–H and O–H groups in total. The molecule has 3 aromatic heterocycles. The van der Waals surface area contributed by atoms with E-state index < -0.39 is 0 Å². The number of fused-ring (bicyclic) bond motifs is 6. The zero-order valence-electron chi connectivity index (χ0n) is 40.0. The minimum absolute atomic E-state index is 0.00524. The monoisotopic (exact) mass is 1020 g/mol. The molecule has 8 aromatic rings. The van der Waals surface area contributed by atoms with E-state index in [0.717, 1.165) is 43.5 Å². The summed E-state index contributed by atoms with van der Waals surface area (Å²) >= 11 is 2.50. The molecule has 0 saturated carbocycles. The van der Waals surface area contributed by atoms with Crippen molar-refractivity contribution < 1.29 is 24.1 Å². The standard InChI is InChI=1S/C57H64N4O.Pt/c1-52(2,3)36-19-22-39(23-20-36)59-35-60(46-28-21-37(31-48(46)59)53(4,5)6)40-17-16-18-41(33-40)62-42-24-25-43-44-26-27-45-50(56(12,13)57(14,15)55(45,10)11)51(44)61(47(43)34-42)49-32-38(29-30-58-49)54(7,8)9;/h16-34H,1-15H3;. The van der Waals surface area contributed by atoms with Crippen molar-refractivity contribution in [2.24, 2.45) is 5.41 Å². The van der Waals surface area contributed by atoms with Gasteiger partial charge in [0.05, 0.1) is 0 Å². The number of pyridine rings is 1. The van der Waals surface area contributed by atoms with E-state index in [-0.39, 0.29) is 32.5 Å². The van der Waals surface area contributed by atoms with Crippen molar-refractivity contribution in [2.45, 2.75) is 131 Å². The Balaban J connectivity index is 1.20. The van der Waals surface area contributed by atoms with Crippen molar-refractivity contribution in [1.29, 1.82) is 0 Å². The van der Waals surface area contributed by atoms with Gasteiger partial charge in [0, 0.05) is 6.20 Å². The first kappa shape index (κ1) is 43.3. The van der Waals surface area contributed by atoms with Crippen LogP contribution in [0.2, 0.25) is 0 Å². The number of benzene rings is 5. The molecule has 5 nitrogen and oxygen atoms in total. The summed E-state index contributed by atoms with van der Waals surface area (Å²) in [6.07, 6.45) is 1.97. The van der Waals surface area contributed by atoms with Crippen molar-refractivity contribution in [1.82, 2.24) is 18.7 Å². The molecule has 0 aliphatic heterocycles. The molecular formula is C57H64N4OPt. The molecule has 0 unspecified atom stereocenters. The van der Waals surface area contributed by atoms with Crippen LogP contribution in [0.25, 0.3) is 50.0 Å². The third kappa shape index (κ3) is 6.74. The van der Waals surface area contributed by atoms with Crippen LogP contribution in [0.5, 0.6) is 11.5 Å². The van der Waals surface area contributed by atoms with Crippen molar-refractivity contribution in [3.05, 3.63) is 147 Å². The van der Waals surface area contributed by atoms with Crippen LogP contribution in [0, 0.1) is 9.22 Å². The third-order valence-corrected chi connectivity index (χ3v) is 16.1. The molecule has 6 heteroatoms. The number of hydrogen-bond acceptors (Lipinski definition) is 2. The molecule has 0 saturated heterocycles. The average molecular weight is 1020 g/mol. The van der Waals surface area contributed by atoms with E-state index in [2.05, 4.69) is 246 Å². The van der Waals surface area contributed by atoms with Crippen molar-refractivity contribution in [2.75, 3.05) is 0 Å². The Hall–Kier alpha value is -4.99. The molecule has 1 aliphatic rings. The Kier molecular flexibility index (Phi) is 9.79. The fourth-order valence-electron chi connectivity index (χ4n) is 10.0. The van der Waals surface area contributed by atoms with Gasteiger partial charge in [0.2, 0.25) is 0 Å². The molecule has 0 bridgehead atoms. The van der Waals surface area contributed by atoms with E-state index in [0.29, 0.717) is 0 Å². The summed E-state index contributed by atoms with van der Waals surface area (Å²) in [7, 11) is 0. The summed E-state index contributed by atoms with van der Waals surface area (Å²) in [4.78, 5) is 5.11. The molecule has 0 amide bonds. The van der Waals surface area contributed by atoms with Crippen LogP contribution in [0.15, 0.2) is 115 Å². The van der Waals surface area contributed by atoms with E-state index in [1.54, 1.807) is 0 Å². The molecule has 1 aliphatic carbocycles. The summed E-state index contributed by atoms with van der Waals surface area (Å²) in [6, 6.07) is 40.3. The van der Waals surface area contributed by atoms with Gasteiger partial charge in [-0.3, -0.25) is 0 Å². The molecular weight excluding hydrogens is 952 g/mol. The molecule has 3 heterocycles. The Morgan fingerprint density at radius 2 is 1.11 bits per heavy atom. The second-order valence-corrected chi connectivity index (χ2v) is 23.7. The van der Waals surface area contributed by atoms with Crippen LogP contribution < -0.4 is 4.74 Å². The Morgan fingerprint density at radius 1 is 0.508 bits per heavy atom.